The summed E-state index contributed by atoms with van der Waals surface area (Å²) in [6, 6.07) is 12.2. The molecule has 1 aliphatic rings. The highest BCUT2D eigenvalue weighted by molar-refractivity contribution is 5.29. The third-order valence-electron chi connectivity index (χ3n) is 7.09. The molecule has 0 aliphatic heterocycles. The fourth-order valence-electron chi connectivity index (χ4n) is 5.04. The number of unbranched alkanes of at least 4 members (excludes halogenated alkanes) is 2. The summed E-state index contributed by atoms with van der Waals surface area (Å²) in [5, 5.41) is 0. The van der Waals surface area contributed by atoms with E-state index in [0.717, 1.165) is 55.6 Å². The summed E-state index contributed by atoms with van der Waals surface area (Å²) in [6.07, 6.45) is 8.06. The van der Waals surface area contributed by atoms with Gasteiger partial charge in [0.2, 0.25) is 0 Å². The number of benzene rings is 2. The Balaban J connectivity index is 1.51. The molecule has 0 spiro atoms. The van der Waals surface area contributed by atoms with Crippen LogP contribution in [0.2, 0.25) is 0 Å². The van der Waals surface area contributed by atoms with Crippen molar-refractivity contribution in [3.63, 3.8) is 0 Å². The predicted octanol–water partition coefficient (Wildman–Crippen LogP) is 8.94. The fourth-order valence-corrected chi connectivity index (χ4v) is 5.04. The Labute approximate surface area is 197 Å². The third-order valence-corrected chi connectivity index (χ3v) is 7.09. The minimum Gasteiger partial charge on any atom is -0.316 e. The summed E-state index contributed by atoms with van der Waals surface area (Å²) >= 11 is 0. The molecule has 2 aromatic rings. The second kappa shape index (κ2) is 12.6. The van der Waals surface area contributed by atoms with Crippen LogP contribution in [0.4, 0.5) is 13.2 Å². The van der Waals surface area contributed by atoms with Crippen LogP contribution in [0.5, 0.6) is 0 Å². The van der Waals surface area contributed by atoms with Crippen molar-refractivity contribution in [2.45, 2.75) is 96.5 Å². The van der Waals surface area contributed by atoms with E-state index < -0.39 is 17.5 Å². The van der Waals surface area contributed by atoms with Gasteiger partial charge in [-0.15, -0.1) is 0 Å². The first-order valence-electron chi connectivity index (χ1n) is 12.8. The normalized spacial score (nSPS) is 19.1. The van der Waals surface area contributed by atoms with E-state index in [1.807, 2.05) is 12.1 Å². The largest absolute Gasteiger partial charge is 0.386 e. The van der Waals surface area contributed by atoms with Crippen LogP contribution in [0, 0.1) is 11.7 Å². The van der Waals surface area contributed by atoms with Gasteiger partial charge < -0.3 is 4.74 Å². The lowest BCUT2D eigenvalue weighted by atomic mass is 9.77. The van der Waals surface area contributed by atoms with Gasteiger partial charge >= 0.3 is 6.11 Å². The van der Waals surface area contributed by atoms with Crippen LogP contribution in [-0.2, 0) is 23.7 Å². The predicted molar refractivity (Wildman–Crippen MR) is 129 cm³/mol. The van der Waals surface area contributed by atoms with E-state index in [-0.39, 0.29) is 12.5 Å². The number of halogens is 3. The summed E-state index contributed by atoms with van der Waals surface area (Å²) in [5.41, 5.74) is 2.37. The first-order valence-corrected chi connectivity index (χ1v) is 12.8. The van der Waals surface area contributed by atoms with Crippen LogP contribution in [0.3, 0.4) is 0 Å². The topological polar surface area (TPSA) is 9.23 Å². The Morgan fingerprint density at radius 2 is 1.52 bits per heavy atom. The molecular weight excluding hydrogens is 421 g/mol. The van der Waals surface area contributed by atoms with Gasteiger partial charge in [0.1, 0.15) is 5.82 Å². The molecule has 0 unspecified atom stereocenters. The van der Waals surface area contributed by atoms with E-state index in [4.69, 9.17) is 4.74 Å². The van der Waals surface area contributed by atoms with Gasteiger partial charge in [-0.3, -0.25) is 0 Å². The van der Waals surface area contributed by atoms with Crippen molar-refractivity contribution in [1.29, 1.82) is 0 Å². The highest BCUT2D eigenvalue weighted by Gasteiger charge is 2.36. The monoisotopic (exact) mass is 460 g/mol. The number of hydrogen-bond acceptors (Lipinski definition) is 1. The molecule has 0 radical (unpaired) electrons. The van der Waals surface area contributed by atoms with Gasteiger partial charge in [-0.25, -0.2) is 4.39 Å². The summed E-state index contributed by atoms with van der Waals surface area (Å²) in [6.45, 7) is 4.22. The van der Waals surface area contributed by atoms with Crippen LogP contribution >= 0.6 is 0 Å². The Kier molecular flexibility index (Phi) is 9.85. The second-order valence-corrected chi connectivity index (χ2v) is 9.63. The maximum atomic E-state index is 14.7. The van der Waals surface area contributed by atoms with Gasteiger partial charge in [0.05, 0.1) is 12.2 Å². The molecule has 1 nitrogen and oxygen atoms in total. The fraction of sp³-hybridized carbons (Fsp3) is 0.586. The van der Waals surface area contributed by atoms with Crippen LogP contribution in [-0.4, -0.2) is 6.61 Å². The van der Waals surface area contributed by atoms with Crippen molar-refractivity contribution in [1.82, 2.24) is 0 Å². The maximum Gasteiger partial charge on any atom is 0.386 e. The Morgan fingerprint density at radius 3 is 2.12 bits per heavy atom. The highest BCUT2D eigenvalue weighted by Crippen LogP contribution is 2.39. The van der Waals surface area contributed by atoms with Crippen molar-refractivity contribution >= 4 is 0 Å². The lowest BCUT2D eigenvalue weighted by Crippen LogP contribution is -2.22. The first-order chi connectivity index (χ1) is 15.9. The van der Waals surface area contributed by atoms with Crippen LogP contribution in [0.15, 0.2) is 42.5 Å². The number of hydrogen-bond donors (Lipinski definition) is 0. The summed E-state index contributed by atoms with van der Waals surface area (Å²) in [7, 11) is 0. The van der Waals surface area contributed by atoms with Gasteiger partial charge in [-0.2, -0.15) is 8.78 Å². The molecule has 0 saturated heterocycles. The molecule has 0 bridgehead atoms. The molecule has 4 heteroatoms. The molecule has 0 aromatic heterocycles. The van der Waals surface area contributed by atoms with Crippen LogP contribution in [0.25, 0.3) is 0 Å². The molecular formula is C29H39F3O. The third kappa shape index (κ3) is 7.60. The van der Waals surface area contributed by atoms with Gasteiger partial charge in [-0.05, 0) is 85.6 Å². The molecule has 1 aliphatic carbocycles. The van der Waals surface area contributed by atoms with E-state index in [0.29, 0.717) is 6.42 Å². The van der Waals surface area contributed by atoms with E-state index in [9.17, 15) is 13.2 Å². The number of aryl methyl sites for hydroxylation is 1. The Bertz CT molecular complexity index is 838. The van der Waals surface area contributed by atoms with Crippen molar-refractivity contribution in [2.24, 2.45) is 5.92 Å². The summed E-state index contributed by atoms with van der Waals surface area (Å²) in [5.74, 6) is 0.149. The number of ether oxygens (including phenoxy) is 1. The summed E-state index contributed by atoms with van der Waals surface area (Å²) in [4.78, 5) is 0. The average molecular weight is 461 g/mol. The maximum absolute atomic E-state index is 14.7. The Hall–Kier alpha value is -1.81. The zero-order valence-corrected chi connectivity index (χ0v) is 20.2. The molecule has 33 heavy (non-hydrogen) atoms. The van der Waals surface area contributed by atoms with Crippen molar-refractivity contribution < 1.29 is 17.9 Å². The van der Waals surface area contributed by atoms with Crippen LogP contribution in [0.1, 0.15) is 99.8 Å². The highest BCUT2D eigenvalue weighted by atomic mass is 19.3. The minimum absolute atomic E-state index is 0.162. The molecule has 2 aromatic carbocycles. The van der Waals surface area contributed by atoms with E-state index >= 15 is 0 Å². The van der Waals surface area contributed by atoms with Gasteiger partial charge in [0.15, 0.2) is 0 Å². The molecule has 182 valence electrons. The molecule has 0 N–H and O–H groups in total. The molecule has 0 heterocycles. The smallest absolute Gasteiger partial charge is 0.316 e. The van der Waals surface area contributed by atoms with E-state index in [1.54, 1.807) is 6.07 Å². The lowest BCUT2D eigenvalue weighted by Gasteiger charge is -2.29. The number of alkyl halides is 2. The van der Waals surface area contributed by atoms with Crippen molar-refractivity contribution in [2.75, 3.05) is 6.61 Å². The molecule has 1 saturated carbocycles. The SMILES string of the molecule is CCCCCc1ccc(CCOC(F)(F)c2ccc(C3CCC(CCC)CC3)cc2F)cc1. The van der Waals surface area contributed by atoms with Crippen LogP contribution < -0.4 is 0 Å². The number of rotatable bonds is 12. The first kappa shape index (κ1) is 25.8. The molecule has 1 fully saturated rings. The van der Waals surface area contributed by atoms with E-state index in [1.165, 1.54) is 43.4 Å². The lowest BCUT2D eigenvalue weighted by molar-refractivity contribution is -0.249. The van der Waals surface area contributed by atoms with E-state index in [2.05, 4.69) is 26.0 Å². The van der Waals surface area contributed by atoms with Gasteiger partial charge in [0, 0.05) is 0 Å². The standard InChI is InChI=1S/C29H39F3O/c1-3-5-6-8-23-9-11-24(12-10-23)19-20-33-29(31,32)27-18-17-26(21-28(27)30)25-15-13-22(7-4-2)14-16-25/h9-12,17-18,21-22,25H,3-8,13-16,19-20H2,1-2H3. The minimum atomic E-state index is -3.64. The second-order valence-electron chi connectivity index (χ2n) is 9.63. The zero-order chi connectivity index (χ0) is 23.7. The molecule has 0 atom stereocenters. The molecule has 3 rings (SSSR count). The molecule has 0 amide bonds. The van der Waals surface area contributed by atoms with Crippen molar-refractivity contribution in [3.8, 4) is 0 Å². The van der Waals surface area contributed by atoms with Gasteiger partial charge in [-0.1, -0.05) is 69.9 Å². The average Bonchev–Trinajstić information content (AvgIpc) is 2.81. The zero-order valence-electron chi connectivity index (χ0n) is 20.2. The van der Waals surface area contributed by atoms with Gasteiger partial charge in [0.25, 0.3) is 0 Å². The summed E-state index contributed by atoms with van der Waals surface area (Å²) < 4.78 is 48.7. The van der Waals surface area contributed by atoms with Crippen molar-refractivity contribution in [3.05, 3.63) is 70.5 Å². The Morgan fingerprint density at radius 1 is 0.848 bits per heavy atom. The quantitative estimate of drug-likeness (QED) is 0.287.